The average Bonchev–Trinajstić information content (AvgIpc) is 3.77. The second-order valence-electron chi connectivity index (χ2n) is 14.4. The average molecular weight is 687 g/mol. The highest BCUT2D eigenvalue weighted by Gasteiger charge is 2.18. The maximum atomic E-state index is 6.43. The lowest BCUT2D eigenvalue weighted by atomic mass is 9.84. The molecular weight excluding hydrogens is 657 g/mol. The van der Waals surface area contributed by atoms with Crippen LogP contribution in [0.25, 0.3) is 120 Å². The Bertz CT molecular complexity index is 3430. The van der Waals surface area contributed by atoms with Crippen molar-refractivity contribution in [2.45, 2.75) is 0 Å². The molecule has 250 valence electrons. The van der Waals surface area contributed by atoms with Crippen LogP contribution in [0.4, 0.5) is 0 Å². The molecule has 0 N–H and O–H groups in total. The van der Waals surface area contributed by atoms with E-state index in [-0.39, 0.29) is 0 Å². The predicted octanol–water partition coefficient (Wildman–Crippen LogP) is 15.1. The van der Waals surface area contributed by atoms with E-state index in [0.29, 0.717) is 0 Å². The van der Waals surface area contributed by atoms with E-state index >= 15 is 0 Å². The molecule has 2 nitrogen and oxygen atoms in total. The first-order valence-electron chi connectivity index (χ1n) is 18.5. The number of hydrogen-bond acceptors (Lipinski definition) is 2. The molecule has 0 atom stereocenters. The Morgan fingerprint density at radius 1 is 0.241 bits per heavy atom. The highest BCUT2D eigenvalue weighted by atomic mass is 16.3. The maximum Gasteiger partial charge on any atom is 0.136 e. The zero-order valence-electron chi connectivity index (χ0n) is 29.1. The van der Waals surface area contributed by atoms with Crippen LogP contribution in [0.3, 0.4) is 0 Å². The van der Waals surface area contributed by atoms with Crippen molar-refractivity contribution < 1.29 is 8.83 Å². The van der Waals surface area contributed by atoms with E-state index in [1.54, 1.807) is 0 Å². The number of fused-ring (bicyclic) bond motifs is 10. The Hall–Kier alpha value is -7.16. The fourth-order valence-corrected chi connectivity index (χ4v) is 8.92. The van der Waals surface area contributed by atoms with Crippen molar-refractivity contribution in [3.8, 4) is 33.4 Å². The third-order valence-electron chi connectivity index (χ3n) is 11.4. The Kier molecular flexibility index (Phi) is 6.09. The fraction of sp³-hybridized carbons (Fsp3) is 0. The molecule has 2 aromatic heterocycles. The second-order valence-corrected chi connectivity index (χ2v) is 14.4. The van der Waals surface area contributed by atoms with Crippen molar-refractivity contribution in [2.24, 2.45) is 0 Å². The van der Waals surface area contributed by atoms with Crippen molar-refractivity contribution in [3.63, 3.8) is 0 Å². The molecule has 0 saturated carbocycles. The van der Waals surface area contributed by atoms with Gasteiger partial charge >= 0.3 is 0 Å². The number of hydrogen-bond donors (Lipinski definition) is 0. The van der Waals surface area contributed by atoms with Crippen LogP contribution in [0.5, 0.6) is 0 Å². The van der Waals surface area contributed by atoms with Crippen LogP contribution in [0, 0.1) is 0 Å². The summed E-state index contributed by atoms with van der Waals surface area (Å²) in [5.74, 6) is 0. The normalized spacial score (nSPS) is 12.1. The van der Waals surface area contributed by atoms with Crippen LogP contribution < -0.4 is 0 Å². The lowest BCUT2D eigenvalue weighted by Gasteiger charge is -2.19. The molecule has 0 aliphatic carbocycles. The lowest BCUT2D eigenvalue weighted by molar-refractivity contribution is 0.668. The molecule has 10 aromatic carbocycles. The highest BCUT2D eigenvalue weighted by molar-refractivity contribution is 6.23. The summed E-state index contributed by atoms with van der Waals surface area (Å²) < 4.78 is 12.7. The van der Waals surface area contributed by atoms with Gasteiger partial charge in [-0.25, -0.2) is 0 Å². The molecule has 12 rings (SSSR count). The van der Waals surface area contributed by atoms with Crippen molar-refractivity contribution >= 4 is 87.0 Å². The molecule has 0 saturated heterocycles. The minimum absolute atomic E-state index is 0.888. The molecule has 0 unspecified atom stereocenters. The van der Waals surface area contributed by atoms with Gasteiger partial charge in [0.2, 0.25) is 0 Å². The minimum atomic E-state index is 0.888. The molecule has 54 heavy (non-hydrogen) atoms. The van der Waals surface area contributed by atoms with Gasteiger partial charge in [-0.1, -0.05) is 140 Å². The first-order valence-corrected chi connectivity index (χ1v) is 18.5. The number of furan rings is 2. The minimum Gasteiger partial charge on any atom is -0.456 e. The molecule has 0 amide bonds. The Morgan fingerprint density at radius 3 is 1.41 bits per heavy atom. The van der Waals surface area contributed by atoms with Gasteiger partial charge in [-0.05, 0) is 119 Å². The van der Waals surface area contributed by atoms with Gasteiger partial charge in [0.05, 0.1) is 0 Å². The van der Waals surface area contributed by atoms with Gasteiger partial charge in [0.1, 0.15) is 22.3 Å². The van der Waals surface area contributed by atoms with Crippen LogP contribution in [-0.2, 0) is 0 Å². The monoisotopic (exact) mass is 686 g/mol. The van der Waals surface area contributed by atoms with Crippen LogP contribution in [0.1, 0.15) is 0 Å². The molecule has 2 heteroatoms. The van der Waals surface area contributed by atoms with E-state index in [1.807, 2.05) is 12.1 Å². The summed E-state index contributed by atoms with van der Waals surface area (Å²) in [5, 5.41) is 14.3. The fourth-order valence-electron chi connectivity index (χ4n) is 8.92. The number of para-hydroxylation sites is 1. The van der Waals surface area contributed by atoms with Gasteiger partial charge in [0, 0.05) is 21.5 Å². The Balaban J connectivity index is 0.990. The Labute approximate surface area is 310 Å². The van der Waals surface area contributed by atoms with Crippen LogP contribution in [-0.4, -0.2) is 0 Å². The predicted molar refractivity (Wildman–Crippen MR) is 227 cm³/mol. The van der Waals surface area contributed by atoms with E-state index in [0.717, 1.165) is 60.2 Å². The molecule has 0 radical (unpaired) electrons. The first-order chi connectivity index (χ1) is 26.7. The highest BCUT2D eigenvalue weighted by Crippen LogP contribution is 2.46. The van der Waals surface area contributed by atoms with Gasteiger partial charge in [0.25, 0.3) is 0 Å². The van der Waals surface area contributed by atoms with Gasteiger partial charge in [-0.3, -0.25) is 0 Å². The van der Waals surface area contributed by atoms with E-state index < -0.39 is 0 Å². The van der Waals surface area contributed by atoms with Crippen LogP contribution in [0.15, 0.2) is 191 Å². The third-order valence-corrected chi connectivity index (χ3v) is 11.4. The van der Waals surface area contributed by atoms with Crippen molar-refractivity contribution in [3.05, 3.63) is 182 Å². The van der Waals surface area contributed by atoms with Crippen molar-refractivity contribution in [1.29, 1.82) is 0 Å². The summed E-state index contributed by atoms with van der Waals surface area (Å²) in [4.78, 5) is 0. The van der Waals surface area contributed by atoms with Gasteiger partial charge in [-0.2, -0.15) is 0 Å². The lowest BCUT2D eigenvalue weighted by Crippen LogP contribution is -1.91. The summed E-state index contributed by atoms with van der Waals surface area (Å²) in [6, 6.07) is 65.8. The standard InChI is InChI=1S/C52H30O2/c1-2-12-37-32(10-1)11-9-18-39(37)52-42-16-5-3-14-40(42)51(41-15-4-6-17-43(41)52)33-22-20-31(21-23-33)34-24-25-48-45(26-34)46-28-36-29-49-44(27-35(36)30-50(46)54-48)38-13-7-8-19-47(38)53-49/h1-30H. The molecule has 0 fully saturated rings. The van der Waals surface area contributed by atoms with Crippen LogP contribution >= 0.6 is 0 Å². The van der Waals surface area contributed by atoms with E-state index in [1.165, 1.54) is 60.1 Å². The summed E-state index contributed by atoms with van der Waals surface area (Å²) >= 11 is 0. The summed E-state index contributed by atoms with van der Waals surface area (Å²) in [6.07, 6.45) is 0. The quantitative estimate of drug-likeness (QED) is 0.173. The number of rotatable bonds is 3. The number of benzene rings is 10. The molecular formula is C52H30O2. The molecule has 0 aliphatic heterocycles. The molecule has 0 aliphatic rings. The summed E-state index contributed by atoms with van der Waals surface area (Å²) in [6.45, 7) is 0. The van der Waals surface area contributed by atoms with Gasteiger partial charge in [-0.15, -0.1) is 0 Å². The Morgan fingerprint density at radius 2 is 0.722 bits per heavy atom. The summed E-state index contributed by atoms with van der Waals surface area (Å²) in [5.41, 5.74) is 10.9. The topological polar surface area (TPSA) is 26.3 Å². The second kappa shape index (κ2) is 11.2. The molecule has 2 heterocycles. The molecule has 0 bridgehead atoms. The molecule has 12 aromatic rings. The zero-order valence-corrected chi connectivity index (χ0v) is 29.1. The maximum absolute atomic E-state index is 6.43. The van der Waals surface area contributed by atoms with Crippen molar-refractivity contribution in [1.82, 2.24) is 0 Å². The molecule has 0 spiro atoms. The van der Waals surface area contributed by atoms with E-state index in [9.17, 15) is 0 Å². The SMILES string of the molecule is c1ccc2c(-c3c4ccccc4c(-c4ccc(-c5ccc6oc7cc8cc9c(cc8cc7c6c5)oc5ccccc59)cc4)c4ccccc34)cccc2c1. The van der Waals surface area contributed by atoms with Crippen molar-refractivity contribution in [2.75, 3.05) is 0 Å². The zero-order chi connectivity index (χ0) is 35.3. The van der Waals surface area contributed by atoms with E-state index in [2.05, 4.69) is 170 Å². The smallest absolute Gasteiger partial charge is 0.136 e. The van der Waals surface area contributed by atoms with Gasteiger partial charge in [0.15, 0.2) is 0 Å². The van der Waals surface area contributed by atoms with Crippen LogP contribution in [0.2, 0.25) is 0 Å². The first kappa shape index (κ1) is 29.4. The van der Waals surface area contributed by atoms with Gasteiger partial charge < -0.3 is 8.83 Å². The third kappa shape index (κ3) is 4.28. The van der Waals surface area contributed by atoms with E-state index in [4.69, 9.17) is 8.83 Å². The summed E-state index contributed by atoms with van der Waals surface area (Å²) in [7, 11) is 0. The largest absolute Gasteiger partial charge is 0.456 e.